The Morgan fingerprint density at radius 2 is 1.44 bits per heavy atom. The minimum Gasteiger partial charge on any atom is -0.352 e. The van der Waals surface area contributed by atoms with Crippen LogP contribution in [0.4, 0.5) is 0 Å². The average molecular weight is 573 g/mol. The number of nitrogens with zero attached hydrogens (tertiary/aromatic N) is 3. The van der Waals surface area contributed by atoms with Crippen molar-refractivity contribution < 1.29 is 19.2 Å². The van der Waals surface area contributed by atoms with E-state index in [1.165, 1.54) is 15.5 Å². The fourth-order valence-electron chi connectivity index (χ4n) is 6.11. The molecule has 3 heterocycles. The number of hydrogen-bond donors (Lipinski definition) is 1. The van der Waals surface area contributed by atoms with Crippen LogP contribution in [0.15, 0.2) is 84.9 Å². The van der Waals surface area contributed by atoms with Gasteiger partial charge in [-0.05, 0) is 41.7 Å². The summed E-state index contributed by atoms with van der Waals surface area (Å²) < 4.78 is 0. The molecule has 0 spiro atoms. The molecule has 6 rings (SSSR count). The van der Waals surface area contributed by atoms with Crippen molar-refractivity contribution in [2.45, 2.75) is 44.1 Å². The van der Waals surface area contributed by atoms with Gasteiger partial charge in [-0.3, -0.25) is 29.0 Å². The highest BCUT2D eigenvalue weighted by Crippen LogP contribution is 2.45. The molecular weight excluding hydrogens is 540 g/mol. The van der Waals surface area contributed by atoms with Gasteiger partial charge in [0.15, 0.2) is 6.10 Å². The van der Waals surface area contributed by atoms with Gasteiger partial charge in [-0.2, -0.15) is 5.06 Å². The van der Waals surface area contributed by atoms with Gasteiger partial charge in [0.05, 0.1) is 18.5 Å². The summed E-state index contributed by atoms with van der Waals surface area (Å²) in [5, 5.41) is 5.22. The van der Waals surface area contributed by atoms with E-state index >= 15 is 0 Å². The summed E-state index contributed by atoms with van der Waals surface area (Å²) in [6.45, 7) is 2.81. The second kappa shape index (κ2) is 12.1. The van der Waals surface area contributed by atoms with Gasteiger partial charge in [0.1, 0.15) is 6.54 Å². The quantitative estimate of drug-likeness (QED) is 0.412. The number of carbonyl (C=O) groups excluding carboxylic acids is 3. The van der Waals surface area contributed by atoms with Gasteiger partial charge >= 0.3 is 0 Å². The molecule has 3 saturated heterocycles. The summed E-state index contributed by atoms with van der Waals surface area (Å²) >= 11 is 6.14. The highest BCUT2D eigenvalue weighted by molar-refractivity contribution is 6.30. The van der Waals surface area contributed by atoms with Crippen LogP contribution in [0, 0.1) is 5.92 Å². The lowest BCUT2D eigenvalue weighted by atomic mass is 9.91. The summed E-state index contributed by atoms with van der Waals surface area (Å²) in [6, 6.07) is 26.4. The monoisotopic (exact) mass is 572 g/mol. The molecule has 3 aromatic carbocycles. The number of nitrogens with one attached hydrogen (secondary N) is 1. The van der Waals surface area contributed by atoms with Crippen LogP contribution >= 0.6 is 11.6 Å². The van der Waals surface area contributed by atoms with Gasteiger partial charge in [0, 0.05) is 30.7 Å². The standard InChI is InChI=1S/C32H33ClN4O4/c33-25-13-11-24(12-14-25)29-28-30(32(40)36(31(28)39)20-23-9-5-2-6-10-23)41-37(29)21-27(38)34-26-15-17-35(18-16-26)19-22-7-3-1-4-8-22/h1-14,26,28-30H,15-21H2,(H,34,38). The average Bonchev–Trinajstić information content (AvgIpc) is 3.46. The smallest absolute Gasteiger partial charge is 0.261 e. The number of halogens is 1. The van der Waals surface area contributed by atoms with E-state index in [-0.39, 0.29) is 36.9 Å². The molecule has 3 aromatic rings. The van der Waals surface area contributed by atoms with Gasteiger partial charge in [0.2, 0.25) is 11.8 Å². The minimum absolute atomic E-state index is 0.0650. The number of imide groups is 1. The Morgan fingerprint density at radius 3 is 2.07 bits per heavy atom. The number of piperidine rings is 1. The number of carbonyl (C=O) groups is 3. The predicted octanol–water partition coefficient (Wildman–Crippen LogP) is 3.96. The highest BCUT2D eigenvalue weighted by atomic mass is 35.5. The summed E-state index contributed by atoms with van der Waals surface area (Å²) in [5.74, 6) is -1.61. The van der Waals surface area contributed by atoms with E-state index in [2.05, 4.69) is 34.5 Å². The van der Waals surface area contributed by atoms with Crippen LogP contribution < -0.4 is 5.32 Å². The molecule has 9 heteroatoms. The van der Waals surface area contributed by atoms with Gasteiger partial charge in [-0.25, -0.2) is 0 Å². The first-order chi connectivity index (χ1) is 20.0. The van der Waals surface area contributed by atoms with E-state index < -0.39 is 18.1 Å². The number of benzene rings is 3. The Kier molecular flexibility index (Phi) is 8.16. The Bertz CT molecular complexity index is 1380. The highest BCUT2D eigenvalue weighted by Gasteiger charge is 2.59. The second-order valence-corrected chi connectivity index (χ2v) is 11.4. The van der Waals surface area contributed by atoms with Gasteiger partial charge < -0.3 is 5.32 Å². The maximum atomic E-state index is 13.6. The van der Waals surface area contributed by atoms with Gasteiger partial charge in [-0.15, -0.1) is 0 Å². The molecule has 3 amide bonds. The molecule has 8 nitrogen and oxygen atoms in total. The lowest BCUT2D eigenvalue weighted by molar-refractivity contribution is -0.183. The molecule has 3 aliphatic rings. The number of fused-ring (bicyclic) bond motifs is 1. The van der Waals surface area contributed by atoms with E-state index in [1.54, 1.807) is 12.1 Å². The third-order valence-corrected chi connectivity index (χ3v) is 8.43. The lowest BCUT2D eigenvalue weighted by Gasteiger charge is -2.33. The van der Waals surface area contributed by atoms with Crippen molar-refractivity contribution in [1.82, 2.24) is 20.2 Å². The van der Waals surface area contributed by atoms with E-state index in [9.17, 15) is 14.4 Å². The molecule has 3 aliphatic heterocycles. The number of hydroxylamine groups is 2. The Labute approximate surface area is 244 Å². The van der Waals surface area contributed by atoms with Crippen molar-refractivity contribution in [1.29, 1.82) is 0 Å². The maximum absolute atomic E-state index is 13.6. The fourth-order valence-corrected chi connectivity index (χ4v) is 6.24. The summed E-state index contributed by atoms with van der Waals surface area (Å²) in [6.07, 6.45) is 0.744. The molecule has 0 bridgehead atoms. The van der Waals surface area contributed by atoms with Crippen LogP contribution in [0.5, 0.6) is 0 Å². The first-order valence-corrected chi connectivity index (χ1v) is 14.5. The third kappa shape index (κ3) is 6.06. The van der Waals surface area contributed by atoms with Crippen LogP contribution in [-0.4, -0.2) is 64.4 Å². The first-order valence-electron chi connectivity index (χ1n) is 14.1. The van der Waals surface area contributed by atoms with Crippen LogP contribution in [0.3, 0.4) is 0 Å². The minimum atomic E-state index is -0.971. The van der Waals surface area contributed by atoms with Crippen molar-refractivity contribution in [3.63, 3.8) is 0 Å². The van der Waals surface area contributed by atoms with Crippen molar-refractivity contribution in [2.24, 2.45) is 5.92 Å². The van der Waals surface area contributed by atoms with E-state index in [0.29, 0.717) is 5.02 Å². The molecule has 0 radical (unpaired) electrons. The molecule has 0 aliphatic carbocycles. The molecule has 3 unspecified atom stereocenters. The van der Waals surface area contributed by atoms with Crippen LogP contribution in [0.25, 0.3) is 0 Å². The largest absolute Gasteiger partial charge is 0.352 e. The topological polar surface area (TPSA) is 82.2 Å². The molecule has 0 aromatic heterocycles. The number of rotatable bonds is 8. The zero-order valence-electron chi connectivity index (χ0n) is 22.7. The fraction of sp³-hybridized carbons (Fsp3) is 0.344. The molecule has 1 N–H and O–H groups in total. The molecule has 212 valence electrons. The lowest BCUT2D eigenvalue weighted by Crippen LogP contribution is -2.47. The van der Waals surface area contributed by atoms with Crippen LogP contribution in [0.2, 0.25) is 5.02 Å². The third-order valence-electron chi connectivity index (χ3n) is 8.18. The molecular formula is C32H33ClN4O4. The summed E-state index contributed by atoms with van der Waals surface area (Å²) in [5.41, 5.74) is 2.92. The van der Waals surface area contributed by atoms with Crippen molar-refractivity contribution in [2.75, 3.05) is 19.6 Å². The predicted molar refractivity (Wildman–Crippen MR) is 154 cm³/mol. The van der Waals surface area contributed by atoms with E-state index in [1.807, 2.05) is 48.5 Å². The van der Waals surface area contributed by atoms with Crippen molar-refractivity contribution in [3.8, 4) is 0 Å². The number of hydrogen-bond acceptors (Lipinski definition) is 6. The normalized spacial score (nSPS) is 23.6. The van der Waals surface area contributed by atoms with Gasteiger partial charge in [0.25, 0.3) is 5.91 Å². The molecule has 0 saturated carbocycles. The SMILES string of the molecule is O=C(CN1OC2C(=O)N(Cc3ccccc3)C(=O)C2C1c1ccc(Cl)cc1)NC1CCN(Cc2ccccc2)CC1. The van der Waals surface area contributed by atoms with E-state index in [4.69, 9.17) is 16.4 Å². The number of amides is 3. The molecule has 41 heavy (non-hydrogen) atoms. The van der Waals surface area contributed by atoms with Crippen LogP contribution in [-0.2, 0) is 32.3 Å². The zero-order chi connectivity index (χ0) is 28.3. The van der Waals surface area contributed by atoms with Crippen molar-refractivity contribution >= 4 is 29.3 Å². The summed E-state index contributed by atoms with van der Waals surface area (Å²) in [7, 11) is 0. The first kappa shape index (κ1) is 27.6. The molecule has 3 fully saturated rings. The Balaban J connectivity index is 1.11. The number of likely N-dealkylation sites (tertiary alicyclic amines) is 2. The van der Waals surface area contributed by atoms with Crippen LogP contribution in [0.1, 0.15) is 35.6 Å². The Hall–Kier alpha value is -3.56. The Morgan fingerprint density at radius 1 is 0.829 bits per heavy atom. The van der Waals surface area contributed by atoms with Crippen molar-refractivity contribution in [3.05, 3.63) is 107 Å². The second-order valence-electron chi connectivity index (χ2n) is 11.0. The summed E-state index contributed by atoms with van der Waals surface area (Å²) in [4.78, 5) is 50.0. The van der Waals surface area contributed by atoms with Gasteiger partial charge in [-0.1, -0.05) is 84.4 Å². The molecule has 3 atom stereocenters. The van der Waals surface area contributed by atoms with E-state index in [0.717, 1.165) is 43.6 Å². The maximum Gasteiger partial charge on any atom is 0.261 e. The zero-order valence-corrected chi connectivity index (χ0v) is 23.5.